The molecule has 3 aromatic carbocycles. The van der Waals surface area contributed by atoms with Crippen LogP contribution in [0.3, 0.4) is 0 Å². The molecule has 7 nitrogen and oxygen atoms in total. The molecule has 0 atom stereocenters. The van der Waals surface area contributed by atoms with Crippen molar-refractivity contribution in [2.24, 2.45) is 0 Å². The first-order valence-corrected chi connectivity index (χ1v) is 11.8. The number of carbonyl (C=O) groups excluding carboxylic acids is 2. The number of amides is 2. The molecule has 0 radical (unpaired) electrons. The number of hydrogen-bond acceptors (Lipinski definition) is 4. The number of benzene rings is 3. The maximum absolute atomic E-state index is 12.6. The van der Waals surface area contributed by atoms with Crippen LogP contribution in [0.25, 0.3) is 11.0 Å². The number of imidazole rings is 1. The molecule has 0 unspecified atom stereocenters. The van der Waals surface area contributed by atoms with Crippen LogP contribution in [-0.2, 0) is 17.8 Å². The fraction of sp³-hybridized carbons (Fsp3) is 0.250. The molecule has 2 amide bonds. The Balaban J connectivity index is 1.28. The molecule has 0 saturated heterocycles. The number of H-pyrrole nitrogens is 1. The van der Waals surface area contributed by atoms with E-state index in [-0.39, 0.29) is 11.8 Å². The molecule has 35 heavy (non-hydrogen) atoms. The zero-order valence-corrected chi connectivity index (χ0v) is 20.2. The van der Waals surface area contributed by atoms with E-state index in [0.29, 0.717) is 18.5 Å². The van der Waals surface area contributed by atoms with Crippen LogP contribution in [-0.4, -0.2) is 46.8 Å². The van der Waals surface area contributed by atoms with Crippen LogP contribution in [0, 0.1) is 0 Å². The van der Waals surface area contributed by atoms with Gasteiger partial charge in [0.2, 0.25) is 5.91 Å². The maximum atomic E-state index is 12.6. The molecule has 0 aliphatic carbocycles. The Labute approximate surface area is 205 Å². The van der Waals surface area contributed by atoms with E-state index in [0.717, 1.165) is 47.6 Å². The summed E-state index contributed by atoms with van der Waals surface area (Å²) in [5.41, 5.74) is 5.41. The predicted molar refractivity (Wildman–Crippen MR) is 139 cm³/mol. The van der Waals surface area contributed by atoms with E-state index < -0.39 is 0 Å². The number of anilines is 1. The summed E-state index contributed by atoms with van der Waals surface area (Å²) < 4.78 is 0. The van der Waals surface area contributed by atoms with Crippen molar-refractivity contribution in [3.05, 3.63) is 95.3 Å². The van der Waals surface area contributed by atoms with Crippen molar-refractivity contribution < 1.29 is 9.59 Å². The highest BCUT2D eigenvalue weighted by molar-refractivity contribution is 5.97. The largest absolute Gasteiger partial charge is 0.352 e. The second-order valence-electron chi connectivity index (χ2n) is 8.80. The van der Waals surface area contributed by atoms with Gasteiger partial charge >= 0.3 is 0 Å². The van der Waals surface area contributed by atoms with Crippen LogP contribution in [0.15, 0.2) is 72.8 Å². The average Bonchev–Trinajstić information content (AvgIpc) is 3.25. The van der Waals surface area contributed by atoms with Crippen molar-refractivity contribution in [1.29, 1.82) is 0 Å². The van der Waals surface area contributed by atoms with Gasteiger partial charge in [-0.3, -0.25) is 9.59 Å². The number of nitrogens with one attached hydrogen (secondary N) is 3. The van der Waals surface area contributed by atoms with Crippen molar-refractivity contribution in [3.63, 3.8) is 0 Å². The first-order valence-electron chi connectivity index (χ1n) is 11.8. The van der Waals surface area contributed by atoms with Gasteiger partial charge in [-0.1, -0.05) is 42.5 Å². The quantitative estimate of drug-likeness (QED) is 0.301. The Morgan fingerprint density at radius 1 is 0.971 bits per heavy atom. The zero-order valence-electron chi connectivity index (χ0n) is 20.2. The molecule has 180 valence electrons. The van der Waals surface area contributed by atoms with Gasteiger partial charge in [0.05, 0.1) is 11.0 Å². The van der Waals surface area contributed by atoms with Crippen LogP contribution in [0.1, 0.15) is 40.7 Å². The average molecular weight is 470 g/mol. The summed E-state index contributed by atoms with van der Waals surface area (Å²) in [5.74, 6) is 0.652. The summed E-state index contributed by atoms with van der Waals surface area (Å²) in [6, 6.07) is 23.6. The van der Waals surface area contributed by atoms with Gasteiger partial charge in [0.25, 0.3) is 5.91 Å². The van der Waals surface area contributed by atoms with Gasteiger partial charge in [0, 0.05) is 37.7 Å². The van der Waals surface area contributed by atoms with Crippen molar-refractivity contribution in [3.8, 4) is 0 Å². The lowest BCUT2D eigenvalue weighted by Crippen LogP contribution is -2.28. The van der Waals surface area contributed by atoms with Crippen LogP contribution in [0.2, 0.25) is 0 Å². The Hall–Kier alpha value is -3.97. The molecule has 0 bridgehead atoms. The van der Waals surface area contributed by atoms with Crippen LogP contribution >= 0.6 is 0 Å². The molecule has 0 fully saturated rings. The lowest BCUT2D eigenvalue weighted by molar-refractivity contribution is -0.114. The van der Waals surface area contributed by atoms with Crippen molar-refractivity contribution in [2.75, 3.05) is 25.5 Å². The third-order valence-electron chi connectivity index (χ3n) is 5.74. The summed E-state index contributed by atoms with van der Waals surface area (Å²) in [4.78, 5) is 34.0. The number of rotatable bonds is 10. The van der Waals surface area contributed by atoms with Crippen molar-refractivity contribution >= 4 is 28.5 Å². The van der Waals surface area contributed by atoms with Gasteiger partial charge in [-0.15, -0.1) is 0 Å². The molecule has 0 aliphatic heterocycles. The lowest BCUT2D eigenvalue weighted by Gasteiger charge is -2.16. The normalized spacial score (nSPS) is 11.1. The molecular weight excluding hydrogens is 438 g/mol. The third-order valence-corrected chi connectivity index (χ3v) is 5.74. The number of fused-ring (bicyclic) bond motifs is 1. The van der Waals surface area contributed by atoms with Gasteiger partial charge in [0.1, 0.15) is 5.82 Å². The minimum atomic E-state index is -0.0923. The molecule has 0 aliphatic rings. The van der Waals surface area contributed by atoms with E-state index in [1.807, 2.05) is 48.5 Å². The second-order valence-corrected chi connectivity index (χ2v) is 8.80. The summed E-state index contributed by atoms with van der Waals surface area (Å²) >= 11 is 0. The fourth-order valence-electron chi connectivity index (χ4n) is 4.02. The van der Waals surface area contributed by atoms with E-state index in [2.05, 4.69) is 56.8 Å². The zero-order chi connectivity index (χ0) is 24.6. The summed E-state index contributed by atoms with van der Waals surface area (Å²) in [7, 11) is 2.09. The Morgan fingerprint density at radius 3 is 2.49 bits per heavy atom. The minimum absolute atomic E-state index is 0.0812. The van der Waals surface area contributed by atoms with Gasteiger partial charge in [-0.25, -0.2) is 4.98 Å². The minimum Gasteiger partial charge on any atom is -0.352 e. The van der Waals surface area contributed by atoms with E-state index in [1.54, 1.807) is 0 Å². The van der Waals surface area contributed by atoms with Gasteiger partial charge in [-0.05, 0) is 61.5 Å². The van der Waals surface area contributed by atoms with Crippen LogP contribution < -0.4 is 10.6 Å². The summed E-state index contributed by atoms with van der Waals surface area (Å²) in [6.07, 6.45) is 1.51. The molecule has 1 heterocycles. The molecule has 4 rings (SSSR count). The molecule has 4 aromatic rings. The first kappa shape index (κ1) is 24.2. The number of aromatic nitrogens is 2. The lowest BCUT2D eigenvalue weighted by atomic mass is 10.1. The smallest absolute Gasteiger partial charge is 0.251 e. The molecule has 3 N–H and O–H groups in total. The Kier molecular flexibility index (Phi) is 7.90. The highest BCUT2D eigenvalue weighted by Crippen LogP contribution is 2.17. The Morgan fingerprint density at radius 2 is 1.74 bits per heavy atom. The van der Waals surface area contributed by atoms with E-state index in [9.17, 15) is 9.59 Å². The van der Waals surface area contributed by atoms with Crippen molar-refractivity contribution in [2.45, 2.75) is 26.3 Å². The SMILES string of the molecule is CC(=O)Nc1ccc(Cc2nc3ccc(C(=O)NCCCN(C)Cc4ccccc4)cc3[nH]2)cc1. The molecule has 1 aromatic heterocycles. The van der Waals surface area contributed by atoms with Gasteiger partial charge < -0.3 is 20.5 Å². The molecule has 7 heteroatoms. The van der Waals surface area contributed by atoms with Gasteiger partial charge in [0.15, 0.2) is 0 Å². The number of carbonyl (C=O) groups is 2. The summed E-state index contributed by atoms with van der Waals surface area (Å²) in [5, 5.41) is 5.78. The standard InChI is InChI=1S/C28H31N5O2/c1-20(34)30-24-12-9-21(10-13-24)17-27-31-25-14-11-23(18-26(25)32-27)28(35)29-15-6-16-33(2)19-22-7-4-3-5-8-22/h3-5,7-14,18H,6,15-17,19H2,1-2H3,(H,29,35)(H,30,34)(H,31,32). The topological polar surface area (TPSA) is 90.1 Å². The maximum Gasteiger partial charge on any atom is 0.251 e. The fourth-order valence-corrected chi connectivity index (χ4v) is 4.02. The molecule has 0 saturated carbocycles. The first-order chi connectivity index (χ1) is 17.0. The monoisotopic (exact) mass is 469 g/mol. The number of hydrogen-bond donors (Lipinski definition) is 3. The van der Waals surface area contributed by atoms with E-state index in [4.69, 9.17) is 0 Å². The van der Waals surface area contributed by atoms with E-state index >= 15 is 0 Å². The summed E-state index contributed by atoms with van der Waals surface area (Å²) in [6.45, 7) is 3.92. The third kappa shape index (κ3) is 7.01. The molecular formula is C28H31N5O2. The van der Waals surface area contributed by atoms with Crippen LogP contribution in [0.5, 0.6) is 0 Å². The number of nitrogens with zero attached hydrogens (tertiary/aromatic N) is 2. The number of aromatic amines is 1. The highest BCUT2D eigenvalue weighted by Gasteiger charge is 2.10. The second kappa shape index (κ2) is 11.4. The predicted octanol–water partition coefficient (Wildman–Crippen LogP) is 4.36. The van der Waals surface area contributed by atoms with Crippen LogP contribution in [0.4, 0.5) is 5.69 Å². The van der Waals surface area contributed by atoms with E-state index in [1.165, 1.54) is 12.5 Å². The highest BCUT2D eigenvalue weighted by atomic mass is 16.2. The molecule has 0 spiro atoms. The Bertz CT molecular complexity index is 1280. The van der Waals surface area contributed by atoms with Gasteiger partial charge in [-0.2, -0.15) is 0 Å². The van der Waals surface area contributed by atoms with Crippen molar-refractivity contribution in [1.82, 2.24) is 20.2 Å².